The van der Waals surface area contributed by atoms with Gasteiger partial charge in [0.1, 0.15) is 5.76 Å². The summed E-state index contributed by atoms with van der Waals surface area (Å²) in [6.45, 7) is 3.99. The zero-order chi connectivity index (χ0) is 16.1. The second-order valence-corrected chi connectivity index (χ2v) is 6.46. The van der Waals surface area contributed by atoms with E-state index in [2.05, 4.69) is 53.5 Å². The van der Waals surface area contributed by atoms with Crippen molar-refractivity contribution in [3.63, 3.8) is 0 Å². The Bertz CT molecular complexity index is 588. The first-order chi connectivity index (χ1) is 11.2. The van der Waals surface area contributed by atoms with Crippen LogP contribution in [0.2, 0.25) is 0 Å². The number of nitrogens with zero attached hydrogens (tertiary/aromatic N) is 2. The summed E-state index contributed by atoms with van der Waals surface area (Å²) in [4.78, 5) is 4.89. The second kappa shape index (κ2) is 7.66. The summed E-state index contributed by atoms with van der Waals surface area (Å²) in [7, 11) is 4.45. The van der Waals surface area contributed by atoms with Crippen molar-refractivity contribution in [2.75, 3.05) is 32.1 Å². The quantitative estimate of drug-likeness (QED) is 0.888. The van der Waals surface area contributed by atoms with Gasteiger partial charge in [0.15, 0.2) is 0 Å². The number of benzene rings is 1. The Morgan fingerprint density at radius 2 is 1.91 bits per heavy atom. The maximum absolute atomic E-state index is 5.38. The SMILES string of the molecule is CN1CCC(N(C)c2ccccc2CNCc2ccco2)CC1. The standard InChI is InChI=1S/C19H27N3O/c1-21-11-9-17(10-12-21)22(2)19-8-4-3-6-16(19)14-20-15-18-7-5-13-23-18/h3-8,13,17,20H,9-12,14-15H2,1-2H3. The van der Waals surface area contributed by atoms with E-state index >= 15 is 0 Å². The van der Waals surface area contributed by atoms with Gasteiger partial charge in [0.05, 0.1) is 12.8 Å². The molecule has 1 saturated heterocycles. The van der Waals surface area contributed by atoms with Crippen molar-refractivity contribution in [2.45, 2.75) is 32.0 Å². The predicted molar refractivity (Wildman–Crippen MR) is 94.6 cm³/mol. The van der Waals surface area contributed by atoms with Gasteiger partial charge in [-0.05, 0) is 56.7 Å². The topological polar surface area (TPSA) is 31.6 Å². The highest BCUT2D eigenvalue weighted by atomic mass is 16.3. The lowest BCUT2D eigenvalue weighted by molar-refractivity contribution is 0.252. The number of furan rings is 1. The third-order valence-electron chi connectivity index (χ3n) is 4.80. The Balaban J connectivity index is 1.62. The molecule has 1 fully saturated rings. The summed E-state index contributed by atoms with van der Waals surface area (Å²) in [5, 5.41) is 3.48. The molecule has 2 aromatic rings. The number of para-hydroxylation sites is 1. The number of rotatable bonds is 6. The summed E-state index contributed by atoms with van der Waals surface area (Å²) in [5.41, 5.74) is 2.69. The van der Waals surface area contributed by atoms with Gasteiger partial charge in [-0.3, -0.25) is 0 Å². The summed E-state index contributed by atoms with van der Waals surface area (Å²) in [6, 6.07) is 13.3. The minimum Gasteiger partial charge on any atom is -0.468 e. The molecule has 0 radical (unpaired) electrons. The van der Waals surface area contributed by atoms with Gasteiger partial charge in [-0.1, -0.05) is 18.2 Å². The maximum Gasteiger partial charge on any atom is 0.117 e. The molecular formula is C19H27N3O. The van der Waals surface area contributed by atoms with Crippen molar-refractivity contribution in [3.8, 4) is 0 Å². The number of piperidine rings is 1. The predicted octanol–water partition coefficient (Wildman–Crippen LogP) is 3.10. The summed E-state index contributed by atoms with van der Waals surface area (Å²) in [5.74, 6) is 0.978. The molecule has 1 aliphatic rings. The van der Waals surface area contributed by atoms with Crippen LogP contribution in [0, 0.1) is 0 Å². The number of likely N-dealkylation sites (tertiary alicyclic amines) is 1. The highest BCUT2D eigenvalue weighted by Gasteiger charge is 2.21. The van der Waals surface area contributed by atoms with Crippen LogP contribution >= 0.6 is 0 Å². The van der Waals surface area contributed by atoms with E-state index in [0.29, 0.717) is 6.04 Å². The summed E-state index contributed by atoms with van der Waals surface area (Å²) < 4.78 is 5.38. The van der Waals surface area contributed by atoms with Crippen LogP contribution in [0.4, 0.5) is 5.69 Å². The van der Waals surface area contributed by atoms with Crippen molar-refractivity contribution in [1.29, 1.82) is 0 Å². The smallest absolute Gasteiger partial charge is 0.117 e. The fourth-order valence-electron chi connectivity index (χ4n) is 3.32. The Labute approximate surface area is 139 Å². The molecule has 0 amide bonds. The third-order valence-corrected chi connectivity index (χ3v) is 4.80. The van der Waals surface area contributed by atoms with Gasteiger partial charge < -0.3 is 19.5 Å². The van der Waals surface area contributed by atoms with Crippen LogP contribution in [0.25, 0.3) is 0 Å². The van der Waals surface area contributed by atoms with Crippen molar-refractivity contribution in [2.24, 2.45) is 0 Å². The molecule has 1 N–H and O–H groups in total. The molecule has 0 bridgehead atoms. The first-order valence-corrected chi connectivity index (χ1v) is 8.46. The average Bonchev–Trinajstić information content (AvgIpc) is 3.09. The summed E-state index contributed by atoms with van der Waals surface area (Å²) >= 11 is 0. The molecule has 0 atom stereocenters. The Hall–Kier alpha value is -1.78. The Kier molecular flexibility index (Phi) is 5.36. The highest BCUT2D eigenvalue weighted by Crippen LogP contribution is 2.25. The molecular weight excluding hydrogens is 286 g/mol. The maximum atomic E-state index is 5.38. The Morgan fingerprint density at radius 1 is 1.13 bits per heavy atom. The van der Waals surface area contributed by atoms with Crippen LogP contribution < -0.4 is 10.2 Å². The van der Waals surface area contributed by atoms with E-state index in [0.717, 1.165) is 18.8 Å². The average molecular weight is 313 g/mol. The van der Waals surface area contributed by atoms with Crippen LogP contribution in [-0.2, 0) is 13.1 Å². The third kappa shape index (κ3) is 4.15. The van der Waals surface area contributed by atoms with E-state index in [1.165, 1.54) is 37.2 Å². The van der Waals surface area contributed by atoms with Crippen molar-refractivity contribution < 1.29 is 4.42 Å². The van der Waals surface area contributed by atoms with Gasteiger partial charge in [-0.15, -0.1) is 0 Å². The van der Waals surface area contributed by atoms with E-state index in [9.17, 15) is 0 Å². The van der Waals surface area contributed by atoms with Gasteiger partial charge >= 0.3 is 0 Å². The van der Waals surface area contributed by atoms with Gasteiger partial charge in [0.2, 0.25) is 0 Å². The van der Waals surface area contributed by atoms with E-state index in [1.807, 2.05) is 12.1 Å². The van der Waals surface area contributed by atoms with Crippen molar-refractivity contribution in [1.82, 2.24) is 10.2 Å². The first-order valence-electron chi connectivity index (χ1n) is 8.46. The summed E-state index contributed by atoms with van der Waals surface area (Å²) in [6.07, 6.45) is 4.20. The molecule has 4 heteroatoms. The van der Waals surface area contributed by atoms with Crippen LogP contribution in [0.5, 0.6) is 0 Å². The fourth-order valence-corrected chi connectivity index (χ4v) is 3.32. The molecule has 0 spiro atoms. The molecule has 1 aromatic heterocycles. The monoisotopic (exact) mass is 313 g/mol. The van der Waals surface area contributed by atoms with Gasteiger partial charge in [-0.25, -0.2) is 0 Å². The number of nitrogens with one attached hydrogen (secondary N) is 1. The van der Waals surface area contributed by atoms with E-state index in [-0.39, 0.29) is 0 Å². The van der Waals surface area contributed by atoms with E-state index in [4.69, 9.17) is 4.42 Å². The number of hydrogen-bond donors (Lipinski definition) is 1. The van der Waals surface area contributed by atoms with Crippen LogP contribution in [0.3, 0.4) is 0 Å². The van der Waals surface area contributed by atoms with Crippen molar-refractivity contribution >= 4 is 5.69 Å². The molecule has 3 rings (SSSR count). The second-order valence-electron chi connectivity index (χ2n) is 6.46. The molecule has 1 aromatic carbocycles. The zero-order valence-corrected chi connectivity index (χ0v) is 14.2. The van der Waals surface area contributed by atoms with Crippen LogP contribution in [-0.4, -0.2) is 38.1 Å². The fraction of sp³-hybridized carbons (Fsp3) is 0.474. The first kappa shape index (κ1) is 16.1. The zero-order valence-electron chi connectivity index (χ0n) is 14.2. The van der Waals surface area contributed by atoms with Crippen molar-refractivity contribution in [3.05, 3.63) is 54.0 Å². The molecule has 1 aliphatic heterocycles. The lowest BCUT2D eigenvalue weighted by Gasteiger charge is -2.37. The molecule has 0 saturated carbocycles. The largest absolute Gasteiger partial charge is 0.468 e. The van der Waals surface area contributed by atoms with Crippen LogP contribution in [0.1, 0.15) is 24.2 Å². The van der Waals surface area contributed by atoms with E-state index in [1.54, 1.807) is 6.26 Å². The molecule has 4 nitrogen and oxygen atoms in total. The van der Waals surface area contributed by atoms with Gasteiger partial charge in [-0.2, -0.15) is 0 Å². The molecule has 23 heavy (non-hydrogen) atoms. The number of hydrogen-bond acceptors (Lipinski definition) is 4. The van der Waals surface area contributed by atoms with Crippen LogP contribution in [0.15, 0.2) is 47.1 Å². The lowest BCUT2D eigenvalue weighted by Crippen LogP contribution is -2.42. The van der Waals surface area contributed by atoms with Gasteiger partial charge in [0, 0.05) is 25.3 Å². The highest BCUT2D eigenvalue weighted by molar-refractivity contribution is 5.54. The lowest BCUT2D eigenvalue weighted by atomic mass is 10.0. The molecule has 0 unspecified atom stereocenters. The molecule has 124 valence electrons. The Morgan fingerprint density at radius 3 is 2.65 bits per heavy atom. The molecule has 2 heterocycles. The minimum absolute atomic E-state index is 0.637. The molecule has 0 aliphatic carbocycles. The van der Waals surface area contributed by atoms with Gasteiger partial charge in [0.25, 0.3) is 0 Å². The number of anilines is 1. The normalized spacial score (nSPS) is 16.6. The minimum atomic E-state index is 0.637. The van der Waals surface area contributed by atoms with E-state index < -0.39 is 0 Å².